The topological polar surface area (TPSA) is 90.0 Å². The lowest BCUT2D eigenvalue weighted by Crippen LogP contribution is -2.28. The Kier molecular flexibility index (Phi) is 6.27. The lowest BCUT2D eigenvalue weighted by atomic mass is 10.4. The van der Waals surface area contributed by atoms with Crippen LogP contribution < -0.4 is 10.5 Å². The molecule has 0 aliphatic carbocycles. The minimum absolute atomic E-state index is 0. The van der Waals surface area contributed by atoms with Crippen molar-refractivity contribution >= 4 is 34.0 Å². The smallest absolute Gasteiger partial charge is 0.259 e. The maximum absolute atomic E-state index is 11.7. The Hall–Kier alpha value is -0.340. The van der Waals surface area contributed by atoms with Gasteiger partial charge in [-0.2, -0.15) is 5.10 Å². The molecule has 16 heavy (non-hydrogen) atoms. The normalized spacial score (nSPS) is 11.2. The summed E-state index contributed by atoms with van der Waals surface area (Å²) in [6.45, 7) is 0.724. The Bertz CT molecular complexity index is 412. The second kappa shape index (κ2) is 6.41. The average molecular weight is 289 g/mol. The Morgan fingerprint density at radius 1 is 1.62 bits per heavy atom. The van der Waals surface area contributed by atoms with Crippen molar-refractivity contribution in [1.29, 1.82) is 0 Å². The van der Waals surface area contributed by atoms with Crippen LogP contribution in [-0.4, -0.2) is 31.3 Å². The first-order valence-electron chi connectivity index (χ1n) is 4.36. The third kappa shape index (κ3) is 3.60. The summed E-state index contributed by atoms with van der Waals surface area (Å²) >= 11 is 5.72. The Labute approximate surface area is 106 Å². The number of halogens is 2. The van der Waals surface area contributed by atoms with E-state index >= 15 is 0 Å². The summed E-state index contributed by atoms with van der Waals surface area (Å²) in [7, 11) is -2.07. The lowest BCUT2D eigenvalue weighted by molar-refractivity contribution is 0.561. The fraction of sp³-hybridized carbons (Fsp3) is 0.571. The number of nitrogens with one attached hydrogen (secondary N) is 1. The molecular weight excluding hydrogens is 275 g/mol. The maximum atomic E-state index is 11.7. The molecule has 0 aromatic carbocycles. The fourth-order valence-electron chi connectivity index (χ4n) is 1.08. The van der Waals surface area contributed by atoms with Crippen LogP contribution in [0.1, 0.15) is 6.42 Å². The molecule has 1 rings (SSSR count). The van der Waals surface area contributed by atoms with Crippen LogP contribution in [0.25, 0.3) is 0 Å². The SMILES string of the molecule is Cl.Cn1ncc(Cl)c1S(=O)(=O)NCCCN. The van der Waals surface area contributed by atoms with Gasteiger partial charge in [0.1, 0.15) is 0 Å². The first-order valence-corrected chi connectivity index (χ1v) is 6.22. The third-order valence-electron chi connectivity index (χ3n) is 1.77. The van der Waals surface area contributed by atoms with Crippen molar-refractivity contribution in [2.45, 2.75) is 11.4 Å². The number of hydrogen-bond acceptors (Lipinski definition) is 4. The van der Waals surface area contributed by atoms with Gasteiger partial charge in [0.15, 0.2) is 5.03 Å². The molecule has 0 aliphatic rings. The van der Waals surface area contributed by atoms with Crippen LogP contribution in [0, 0.1) is 0 Å². The lowest BCUT2D eigenvalue weighted by Gasteiger charge is -2.06. The first kappa shape index (κ1) is 15.7. The maximum Gasteiger partial charge on any atom is 0.259 e. The van der Waals surface area contributed by atoms with Crippen LogP contribution in [0.3, 0.4) is 0 Å². The molecule has 0 saturated heterocycles. The van der Waals surface area contributed by atoms with E-state index in [0.29, 0.717) is 19.5 Å². The minimum Gasteiger partial charge on any atom is -0.330 e. The summed E-state index contributed by atoms with van der Waals surface area (Å²) in [5.74, 6) is 0. The number of aromatic nitrogens is 2. The Morgan fingerprint density at radius 2 is 2.25 bits per heavy atom. The van der Waals surface area contributed by atoms with E-state index in [2.05, 4.69) is 9.82 Å². The largest absolute Gasteiger partial charge is 0.330 e. The highest BCUT2D eigenvalue weighted by atomic mass is 35.5. The van der Waals surface area contributed by atoms with Gasteiger partial charge in [0.25, 0.3) is 10.0 Å². The highest BCUT2D eigenvalue weighted by Crippen LogP contribution is 2.19. The quantitative estimate of drug-likeness (QED) is 0.753. The number of nitrogens with two attached hydrogens (primary N) is 1. The van der Waals surface area contributed by atoms with Gasteiger partial charge in [-0.15, -0.1) is 12.4 Å². The van der Waals surface area contributed by atoms with Crippen molar-refractivity contribution in [3.63, 3.8) is 0 Å². The fourth-order valence-corrected chi connectivity index (χ4v) is 2.80. The molecule has 0 radical (unpaired) electrons. The molecule has 0 amide bonds. The second-order valence-electron chi connectivity index (χ2n) is 2.96. The average Bonchev–Trinajstić information content (AvgIpc) is 2.46. The number of sulfonamides is 1. The van der Waals surface area contributed by atoms with Gasteiger partial charge in [0.2, 0.25) is 0 Å². The zero-order valence-electron chi connectivity index (χ0n) is 8.68. The summed E-state index contributed by atoms with van der Waals surface area (Å²) < 4.78 is 27.0. The van der Waals surface area contributed by atoms with E-state index in [4.69, 9.17) is 17.3 Å². The molecule has 1 aromatic rings. The van der Waals surface area contributed by atoms with Gasteiger partial charge >= 0.3 is 0 Å². The van der Waals surface area contributed by atoms with Crippen molar-refractivity contribution in [3.05, 3.63) is 11.2 Å². The monoisotopic (exact) mass is 288 g/mol. The molecule has 0 unspecified atom stereocenters. The summed E-state index contributed by atoms with van der Waals surface area (Å²) in [6.07, 6.45) is 1.87. The van der Waals surface area contributed by atoms with E-state index in [1.165, 1.54) is 17.9 Å². The molecule has 9 heteroatoms. The zero-order valence-corrected chi connectivity index (χ0v) is 11.1. The van der Waals surface area contributed by atoms with Gasteiger partial charge in [-0.05, 0) is 13.0 Å². The standard InChI is InChI=1S/C7H13ClN4O2S.ClH/c1-12-7(6(8)5-10-12)15(13,14)11-4-2-3-9;/h5,11H,2-4,9H2,1H3;1H. The summed E-state index contributed by atoms with van der Waals surface area (Å²) in [5, 5.41) is 3.83. The van der Waals surface area contributed by atoms with Gasteiger partial charge in [-0.25, -0.2) is 13.1 Å². The number of aryl methyl sites for hydroxylation is 1. The van der Waals surface area contributed by atoms with Crippen molar-refractivity contribution < 1.29 is 8.42 Å². The second-order valence-corrected chi connectivity index (χ2v) is 5.05. The van der Waals surface area contributed by atoms with Crippen molar-refractivity contribution in [1.82, 2.24) is 14.5 Å². The van der Waals surface area contributed by atoms with E-state index in [-0.39, 0.29) is 22.5 Å². The van der Waals surface area contributed by atoms with Gasteiger partial charge in [0, 0.05) is 13.6 Å². The number of nitrogens with zero attached hydrogens (tertiary/aromatic N) is 2. The van der Waals surface area contributed by atoms with Crippen LogP contribution in [0.5, 0.6) is 0 Å². The third-order valence-corrected chi connectivity index (χ3v) is 3.74. The Balaban J connectivity index is 0.00000225. The van der Waals surface area contributed by atoms with Gasteiger partial charge < -0.3 is 5.73 Å². The van der Waals surface area contributed by atoms with Crippen LogP contribution in [0.2, 0.25) is 5.02 Å². The molecule has 0 fully saturated rings. The molecule has 0 bridgehead atoms. The van der Waals surface area contributed by atoms with Crippen LogP contribution in [0.15, 0.2) is 11.2 Å². The molecule has 94 valence electrons. The van der Waals surface area contributed by atoms with E-state index in [1.807, 2.05) is 0 Å². The first-order chi connectivity index (χ1) is 6.99. The van der Waals surface area contributed by atoms with E-state index < -0.39 is 10.0 Å². The molecular formula is C7H14Cl2N4O2S. The summed E-state index contributed by atoms with van der Waals surface area (Å²) in [4.78, 5) is 0. The molecule has 3 N–H and O–H groups in total. The molecule has 6 nitrogen and oxygen atoms in total. The van der Waals surface area contributed by atoms with E-state index in [0.717, 1.165) is 0 Å². The van der Waals surface area contributed by atoms with E-state index in [1.54, 1.807) is 0 Å². The highest BCUT2D eigenvalue weighted by molar-refractivity contribution is 7.89. The zero-order chi connectivity index (χ0) is 11.5. The van der Waals surface area contributed by atoms with Crippen molar-refractivity contribution in [2.24, 2.45) is 12.8 Å². The molecule has 0 atom stereocenters. The summed E-state index contributed by atoms with van der Waals surface area (Å²) in [5.41, 5.74) is 5.26. The molecule has 0 saturated carbocycles. The van der Waals surface area contributed by atoms with Crippen LogP contribution in [0.4, 0.5) is 0 Å². The molecule has 1 heterocycles. The number of rotatable bonds is 5. The number of hydrogen-bond donors (Lipinski definition) is 2. The molecule has 1 aromatic heterocycles. The predicted octanol–water partition coefficient (Wildman–Crippen LogP) is 0.122. The van der Waals surface area contributed by atoms with Gasteiger partial charge in [-0.3, -0.25) is 4.68 Å². The minimum atomic E-state index is -3.59. The van der Waals surface area contributed by atoms with Crippen molar-refractivity contribution in [2.75, 3.05) is 13.1 Å². The highest BCUT2D eigenvalue weighted by Gasteiger charge is 2.21. The Morgan fingerprint density at radius 3 is 2.69 bits per heavy atom. The van der Waals surface area contributed by atoms with E-state index in [9.17, 15) is 8.42 Å². The van der Waals surface area contributed by atoms with Crippen LogP contribution >= 0.6 is 24.0 Å². The van der Waals surface area contributed by atoms with Gasteiger partial charge in [-0.1, -0.05) is 11.6 Å². The molecule has 0 spiro atoms. The summed E-state index contributed by atoms with van der Waals surface area (Å²) in [6, 6.07) is 0. The predicted molar refractivity (Wildman–Crippen MR) is 64.3 cm³/mol. The van der Waals surface area contributed by atoms with Gasteiger partial charge in [0.05, 0.1) is 11.2 Å². The van der Waals surface area contributed by atoms with Crippen LogP contribution in [-0.2, 0) is 17.1 Å². The molecule has 0 aliphatic heterocycles. The van der Waals surface area contributed by atoms with Crippen molar-refractivity contribution in [3.8, 4) is 0 Å².